The largest absolute Gasteiger partial charge is 0.508 e. The second-order valence-corrected chi connectivity index (χ2v) is 6.53. The third-order valence-corrected chi connectivity index (χ3v) is 4.93. The zero-order valence-corrected chi connectivity index (χ0v) is 13.9. The quantitative estimate of drug-likeness (QED) is 0.561. The first kappa shape index (κ1) is 14.8. The average Bonchev–Trinajstić information content (AvgIpc) is 2.95. The highest BCUT2D eigenvalue weighted by molar-refractivity contribution is 7.99. The van der Waals surface area contributed by atoms with E-state index in [9.17, 15) is 5.11 Å². The first-order valence-corrected chi connectivity index (χ1v) is 8.37. The molecule has 118 valence electrons. The molecule has 0 fully saturated rings. The van der Waals surface area contributed by atoms with Gasteiger partial charge in [-0.25, -0.2) is 9.97 Å². The molecule has 2 aromatic carbocycles. The fourth-order valence-corrected chi connectivity index (χ4v) is 3.58. The van der Waals surface area contributed by atoms with E-state index in [0.29, 0.717) is 0 Å². The van der Waals surface area contributed by atoms with Gasteiger partial charge in [-0.15, -0.1) is 0 Å². The zero-order valence-electron chi connectivity index (χ0n) is 13.0. The molecule has 0 radical (unpaired) electrons. The van der Waals surface area contributed by atoms with E-state index in [-0.39, 0.29) is 5.75 Å². The van der Waals surface area contributed by atoms with Crippen LogP contribution in [0.15, 0.2) is 76.9 Å². The van der Waals surface area contributed by atoms with Gasteiger partial charge in [0.15, 0.2) is 0 Å². The molecule has 24 heavy (non-hydrogen) atoms. The van der Waals surface area contributed by atoms with Gasteiger partial charge in [-0.1, -0.05) is 30.0 Å². The van der Waals surface area contributed by atoms with Gasteiger partial charge < -0.3 is 9.67 Å². The molecular formula is C19H15N3OS. The molecule has 4 rings (SSSR count). The van der Waals surface area contributed by atoms with Gasteiger partial charge in [0.25, 0.3) is 0 Å². The van der Waals surface area contributed by atoms with Gasteiger partial charge in [-0.3, -0.25) is 0 Å². The van der Waals surface area contributed by atoms with Crippen molar-refractivity contribution in [2.75, 3.05) is 0 Å². The van der Waals surface area contributed by atoms with Gasteiger partial charge in [0.2, 0.25) is 0 Å². The molecule has 0 spiro atoms. The van der Waals surface area contributed by atoms with Crippen LogP contribution in [0.5, 0.6) is 5.75 Å². The first-order valence-electron chi connectivity index (χ1n) is 7.55. The van der Waals surface area contributed by atoms with Gasteiger partial charge in [0, 0.05) is 11.9 Å². The van der Waals surface area contributed by atoms with E-state index >= 15 is 0 Å². The minimum absolute atomic E-state index is 0.262. The second kappa shape index (κ2) is 6.02. The number of benzene rings is 2. The van der Waals surface area contributed by atoms with E-state index in [1.54, 1.807) is 30.2 Å². The van der Waals surface area contributed by atoms with Crippen LogP contribution in [-0.4, -0.2) is 19.6 Å². The van der Waals surface area contributed by atoms with Crippen LogP contribution in [0.1, 0.15) is 0 Å². The predicted octanol–water partition coefficient (Wildman–Crippen LogP) is 4.49. The van der Waals surface area contributed by atoms with E-state index in [1.165, 1.54) is 0 Å². The maximum atomic E-state index is 9.49. The van der Waals surface area contributed by atoms with Crippen LogP contribution in [0.3, 0.4) is 0 Å². The standard InChI is InChI=1S/C19H15N3OS/c1-22-17(13-7-9-14(23)10-8-13)11-16-18(22)20-12-21-19(16)24-15-5-3-2-4-6-15/h2-12,23H,1H3. The van der Waals surface area contributed by atoms with Crippen molar-refractivity contribution in [3.63, 3.8) is 0 Å². The van der Waals surface area contributed by atoms with Crippen molar-refractivity contribution in [3.05, 3.63) is 67.0 Å². The number of fused-ring (bicyclic) bond motifs is 1. The average molecular weight is 333 g/mol. The predicted molar refractivity (Wildman–Crippen MR) is 96.2 cm³/mol. The molecular weight excluding hydrogens is 318 g/mol. The molecule has 2 heterocycles. The van der Waals surface area contributed by atoms with Crippen molar-refractivity contribution in [3.8, 4) is 17.0 Å². The van der Waals surface area contributed by atoms with Crippen LogP contribution in [-0.2, 0) is 7.05 Å². The topological polar surface area (TPSA) is 50.9 Å². The smallest absolute Gasteiger partial charge is 0.144 e. The van der Waals surface area contributed by atoms with Crippen molar-refractivity contribution in [1.82, 2.24) is 14.5 Å². The van der Waals surface area contributed by atoms with Crippen molar-refractivity contribution < 1.29 is 5.11 Å². The monoisotopic (exact) mass is 333 g/mol. The summed E-state index contributed by atoms with van der Waals surface area (Å²) in [6, 6.07) is 19.5. The van der Waals surface area contributed by atoms with Gasteiger partial charge in [0.1, 0.15) is 22.7 Å². The molecule has 0 aliphatic heterocycles. The summed E-state index contributed by atoms with van der Waals surface area (Å²) in [6.07, 6.45) is 1.61. The zero-order chi connectivity index (χ0) is 16.5. The number of hydrogen-bond acceptors (Lipinski definition) is 4. The van der Waals surface area contributed by atoms with Crippen molar-refractivity contribution in [2.45, 2.75) is 9.92 Å². The lowest BCUT2D eigenvalue weighted by Gasteiger charge is -2.04. The van der Waals surface area contributed by atoms with Crippen LogP contribution in [0.4, 0.5) is 0 Å². The fourth-order valence-electron chi connectivity index (χ4n) is 2.70. The van der Waals surface area contributed by atoms with E-state index < -0.39 is 0 Å². The molecule has 0 aliphatic carbocycles. The molecule has 0 saturated heterocycles. The van der Waals surface area contributed by atoms with Crippen LogP contribution >= 0.6 is 11.8 Å². The van der Waals surface area contributed by atoms with E-state index in [4.69, 9.17) is 0 Å². The van der Waals surface area contributed by atoms with E-state index in [0.717, 1.165) is 32.2 Å². The summed E-state index contributed by atoms with van der Waals surface area (Å²) in [4.78, 5) is 10.0. The molecule has 0 atom stereocenters. The van der Waals surface area contributed by atoms with Crippen LogP contribution < -0.4 is 0 Å². The molecule has 2 aromatic heterocycles. The van der Waals surface area contributed by atoms with Gasteiger partial charge in [0.05, 0.1) is 11.1 Å². The third kappa shape index (κ3) is 2.63. The molecule has 1 N–H and O–H groups in total. The molecule has 0 unspecified atom stereocenters. The van der Waals surface area contributed by atoms with E-state index in [2.05, 4.69) is 32.7 Å². The molecule has 0 saturated carbocycles. The van der Waals surface area contributed by atoms with Gasteiger partial charge in [-0.2, -0.15) is 0 Å². The maximum absolute atomic E-state index is 9.49. The van der Waals surface area contributed by atoms with Crippen molar-refractivity contribution in [2.24, 2.45) is 7.05 Å². The summed E-state index contributed by atoms with van der Waals surface area (Å²) in [5.41, 5.74) is 2.97. The first-order chi connectivity index (χ1) is 11.7. The van der Waals surface area contributed by atoms with Crippen molar-refractivity contribution in [1.29, 1.82) is 0 Å². The van der Waals surface area contributed by atoms with Crippen molar-refractivity contribution >= 4 is 22.8 Å². The Morgan fingerprint density at radius 2 is 1.71 bits per heavy atom. The number of aryl methyl sites for hydroxylation is 1. The van der Waals surface area contributed by atoms with Gasteiger partial charge >= 0.3 is 0 Å². The Labute approximate surface area is 143 Å². The number of hydrogen-bond donors (Lipinski definition) is 1. The fraction of sp³-hybridized carbons (Fsp3) is 0.0526. The lowest BCUT2D eigenvalue weighted by molar-refractivity contribution is 0.475. The number of aromatic nitrogens is 3. The van der Waals surface area contributed by atoms with Gasteiger partial charge in [-0.05, 0) is 48.0 Å². The normalized spacial score (nSPS) is 11.0. The summed E-state index contributed by atoms with van der Waals surface area (Å²) >= 11 is 1.63. The van der Waals surface area contributed by atoms with Crippen LogP contribution in [0.25, 0.3) is 22.3 Å². The minimum Gasteiger partial charge on any atom is -0.508 e. The molecule has 5 heteroatoms. The molecule has 0 aliphatic rings. The summed E-state index contributed by atoms with van der Waals surface area (Å²) in [5.74, 6) is 0.262. The SMILES string of the molecule is Cn1c(-c2ccc(O)cc2)cc2c(Sc3ccccc3)ncnc21. The highest BCUT2D eigenvalue weighted by atomic mass is 32.2. The van der Waals surface area contributed by atoms with Crippen LogP contribution in [0, 0.1) is 0 Å². The third-order valence-electron chi connectivity index (χ3n) is 3.91. The number of nitrogens with zero attached hydrogens (tertiary/aromatic N) is 3. The maximum Gasteiger partial charge on any atom is 0.144 e. The molecule has 4 nitrogen and oxygen atoms in total. The Morgan fingerprint density at radius 3 is 2.46 bits per heavy atom. The second-order valence-electron chi connectivity index (χ2n) is 5.47. The highest BCUT2D eigenvalue weighted by Crippen LogP contribution is 2.34. The summed E-state index contributed by atoms with van der Waals surface area (Å²) in [5, 5.41) is 11.5. The Morgan fingerprint density at radius 1 is 0.958 bits per heavy atom. The summed E-state index contributed by atoms with van der Waals surface area (Å²) in [6.45, 7) is 0. The summed E-state index contributed by atoms with van der Waals surface area (Å²) < 4.78 is 2.05. The Bertz CT molecular complexity index is 994. The molecule has 0 bridgehead atoms. The minimum atomic E-state index is 0.262. The lowest BCUT2D eigenvalue weighted by Crippen LogP contribution is -1.93. The molecule has 0 amide bonds. The van der Waals surface area contributed by atoms with E-state index in [1.807, 2.05) is 37.4 Å². The lowest BCUT2D eigenvalue weighted by atomic mass is 10.1. The highest BCUT2D eigenvalue weighted by Gasteiger charge is 2.13. The molecule has 4 aromatic rings. The Kier molecular flexibility index (Phi) is 3.70. The Hall–Kier alpha value is -2.79. The Balaban J connectivity index is 1.83. The number of aromatic hydroxyl groups is 1. The summed E-state index contributed by atoms with van der Waals surface area (Å²) in [7, 11) is 1.99. The number of rotatable bonds is 3. The number of phenols is 1. The van der Waals surface area contributed by atoms with Crippen LogP contribution in [0.2, 0.25) is 0 Å². The number of phenolic OH excluding ortho intramolecular Hbond substituents is 1.